The molecule has 2 aromatic carbocycles. The number of rotatable bonds is 4. The minimum Gasteiger partial charge on any atom is -0.493 e. The fourth-order valence-corrected chi connectivity index (χ4v) is 4.08. The molecule has 0 radical (unpaired) electrons. The van der Waals surface area contributed by atoms with Crippen LogP contribution in [0.5, 0.6) is 11.5 Å². The molecule has 0 aromatic heterocycles. The van der Waals surface area contributed by atoms with Crippen LogP contribution in [0.15, 0.2) is 36.4 Å². The van der Waals surface area contributed by atoms with E-state index in [9.17, 15) is 0 Å². The molecule has 25 heavy (non-hydrogen) atoms. The molecule has 3 atom stereocenters. The molecule has 0 saturated carbocycles. The standard InChI is InChI=1S/C21H25NO3/c1-4-24-19-12-14(6-8-18(19)23-3)20-15-9-10-25-21(15)16-11-13(2)5-7-17(16)22-20/h5-8,11-12,15,20-22H,4,9-10H2,1-3H3/t15-,20?,21-/m0/s1. The lowest BCUT2D eigenvalue weighted by Gasteiger charge is -2.37. The van der Waals surface area contributed by atoms with Crippen molar-refractivity contribution < 1.29 is 14.2 Å². The Bertz CT molecular complexity index is 774. The van der Waals surface area contributed by atoms with Crippen molar-refractivity contribution in [3.63, 3.8) is 0 Å². The normalized spacial score (nSPS) is 24.2. The lowest BCUT2D eigenvalue weighted by molar-refractivity contribution is 0.0828. The van der Waals surface area contributed by atoms with Gasteiger partial charge in [0.2, 0.25) is 0 Å². The van der Waals surface area contributed by atoms with Gasteiger partial charge >= 0.3 is 0 Å². The predicted molar refractivity (Wildman–Crippen MR) is 98.5 cm³/mol. The van der Waals surface area contributed by atoms with E-state index >= 15 is 0 Å². The van der Waals surface area contributed by atoms with E-state index in [0.29, 0.717) is 12.5 Å². The van der Waals surface area contributed by atoms with Crippen molar-refractivity contribution in [1.29, 1.82) is 0 Å². The zero-order valence-electron chi connectivity index (χ0n) is 15.0. The highest BCUT2D eigenvalue weighted by atomic mass is 16.5. The summed E-state index contributed by atoms with van der Waals surface area (Å²) < 4.78 is 17.3. The Hall–Kier alpha value is -2.20. The second-order valence-electron chi connectivity index (χ2n) is 6.80. The van der Waals surface area contributed by atoms with Crippen LogP contribution in [0.2, 0.25) is 0 Å². The first-order valence-electron chi connectivity index (χ1n) is 9.00. The maximum Gasteiger partial charge on any atom is 0.161 e. The molecule has 2 aromatic rings. The molecule has 0 amide bonds. The number of anilines is 1. The molecule has 1 unspecified atom stereocenters. The van der Waals surface area contributed by atoms with Crippen LogP contribution < -0.4 is 14.8 Å². The van der Waals surface area contributed by atoms with Crippen LogP contribution >= 0.6 is 0 Å². The zero-order valence-corrected chi connectivity index (χ0v) is 15.0. The summed E-state index contributed by atoms with van der Waals surface area (Å²) in [7, 11) is 1.68. The molecule has 1 fully saturated rings. The fourth-order valence-electron chi connectivity index (χ4n) is 4.08. The van der Waals surface area contributed by atoms with Crippen LogP contribution in [0.4, 0.5) is 5.69 Å². The predicted octanol–water partition coefficient (Wildman–Crippen LogP) is 4.65. The molecule has 4 nitrogen and oxygen atoms in total. The SMILES string of the molecule is CCOc1cc(C2Nc3ccc(C)cc3[C@H]3OCC[C@@H]23)ccc1OC. The number of methoxy groups -OCH3 is 1. The summed E-state index contributed by atoms with van der Waals surface area (Å²) in [6.07, 6.45) is 1.23. The Labute approximate surface area is 149 Å². The average molecular weight is 339 g/mol. The monoisotopic (exact) mass is 339 g/mol. The molecule has 132 valence electrons. The first-order valence-corrected chi connectivity index (χ1v) is 9.00. The van der Waals surface area contributed by atoms with Gasteiger partial charge in [0.15, 0.2) is 11.5 Å². The lowest BCUT2D eigenvalue weighted by atomic mass is 9.80. The molecule has 0 aliphatic carbocycles. The van der Waals surface area contributed by atoms with E-state index in [2.05, 4.69) is 42.6 Å². The van der Waals surface area contributed by atoms with Gasteiger partial charge in [-0.15, -0.1) is 0 Å². The maximum atomic E-state index is 6.12. The Morgan fingerprint density at radius 1 is 1.16 bits per heavy atom. The second kappa shape index (κ2) is 6.60. The quantitative estimate of drug-likeness (QED) is 0.880. The smallest absolute Gasteiger partial charge is 0.161 e. The number of nitrogens with one attached hydrogen (secondary N) is 1. The Kier molecular flexibility index (Phi) is 4.30. The van der Waals surface area contributed by atoms with Crippen molar-refractivity contribution in [2.24, 2.45) is 5.92 Å². The largest absolute Gasteiger partial charge is 0.493 e. The number of fused-ring (bicyclic) bond motifs is 3. The van der Waals surface area contributed by atoms with Gasteiger partial charge in [-0.25, -0.2) is 0 Å². The molecule has 1 saturated heterocycles. The van der Waals surface area contributed by atoms with Crippen molar-refractivity contribution in [2.75, 3.05) is 25.6 Å². The highest BCUT2D eigenvalue weighted by Crippen LogP contribution is 2.50. The summed E-state index contributed by atoms with van der Waals surface area (Å²) in [6.45, 7) is 5.56. The van der Waals surface area contributed by atoms with Gasteiger partial charge in [-0.1, -0.05) is 23.8 Å². The second-order valence-corrected chi connectivity index (χ2v) is 6.80. The van der Waals surface area contributed by atoms with Gasteiger partial charge in [0.25, 0.3) is 0 Å². The van der Waals surface area contributed by atoms with Gasteiger partial charge in [0, 0.05) is 23.8 Å². The lowest BCUT2D eigenvalue weighted by Crippen LogP contribution is -2.29. The number of benzene rings is 2. The van der Waals surface area contributed by atoms with Gasteiger partial charge in [-0.05, 0) is 44.0 Å². The van der Waals surface area contributed by atoms with Crippen LogP contribution in [0.25, 0.3) is 0 Å². The van der Waals surface area contributed by atoms with E-state index in [1.54, 1.807) is 7.11 Å². The van der Waals surface area contributed by atoms with Gasteiger partial charge in [0.1, 0.15) is 0 Å². The zero-order chi connectivity index (χ0) is 17.4. The highest BCUT2D eigenvalue weighted by molar-refractivity contribution is 5.59. The summed E-state index contributed by atoms with van der Waals surface area (Å²) in [5.41, 5.74) is 4.96. The third-order valence-corrected chi connectivity index (χ3v) is 5.24. The van der Waals surface area contributed by atoms with E-state index in [4.69, 9.17) is 14.2 Å². The number of aryl methyl sites for hydroxylation is 1. The van der Waals surface area contributed by atoms with Crippen molar-refractivity contribution in [3.8, 4) is 11.5 Å². The third-order valence-electron chi connectivity index (χ3n) is 5.24. The molecule has 1 N–H and O–H groups in total. The first kappa shape index (κ1) is 16.3. The summed E-state index contributed by atoms with van der Waals surface area (Å²) in [5, 5.41) is 3.74. The van der Waals surface area contributed by atoms with Gasteiger partial charge in [-0.3, -0.25) is 0 Å². The topological polar surface area (TPSA) is 39.7 Å². The van der Waals surface area contributed by atoms with E-state index < -0.39 is 0 Å². The van der Waals surface area contributed by atoms with Crippen LogP contribution in [0, 0.1) is 12.8 Å². The van der Waals surface area contributed by atoms with Gasteiger partial charge in [0.05, 0.1) is 25.9 Å². The van der Waals surface area contributed by atoms with Crippen LogP contribution in [0.3, 0.4) is 0 Å². The van der Waals surface area contributed by atoms with Crippen molar-refractivity contribution in [3.05, 3.63) is 53.1 Å². The Morgan fingerprint density at radius 3 is 2.84 bits per heavy atom. The van der Waals surface area contributed by atoms with Crippen LogP contribution in [0.1, 0.15) is 42.2 Å². The average Bonchev–Trinajstić information content (AvgIpc) is 3.11. The first-order chi connectivity index (χ1) is 12.2. The number of hydrogen-bond donors (Lipinski definition) is 1. The molecule has 4 rings (SSSR count). The van der Waals surface area contributed by atoms with Crippen molar-refractivity contribution in [2.45, 2.75) is 32.4 Å². The third kappa shape index (κ3) is 2.85. The molecule has 2 heterocycles. The summed E-state index contributed by atoms with van der Waals surface area (Å²) in [4.78, 5) is 0. The fraction of sp³-hybridized carbons (Fsp3) is 0.429. The van der Waals surface area contributed by atoms with E-state index in [0.717, 1.165) is 24.5 Å². The van der Waals surface area contributed by atoms with E-state index in [1.807, 2.05) is 13.0 Å². The molecule has 0 bridgehead atoms. The molecule has 2 aliphatic heterocycles. The summed E-state index contributed by atoms with van der Waals surface area (Å²) in [6, 6.07) is 13.0. The maximum absolute atomic E-state index is 6.12. The minimum atomic E-state index is 0.166. The molecule has 0 spiro atoms. The molecular weight excluding hydrogens is 314 g/mol. The Balaban J connectivity index is 1.73. The summed E-state index contributed by atoms with van der Waals surface area (Å²) >= 11 is 0. The molecular formula is C21H25NO3. The highest BCUT2D eigenvalue weighted by Gasteiger charge is 2.41. The van der Waals surface area contributed by atoms with Gasteiger partial charge < -0.3 is 19.5 Å². The van der Waals surface area contributed by atoms with Crippen molar-refractivity contribution >= 4 is 5.69 Å². The minimum absolute atomic E-state index is 0.166. The number of ether oxygens (including phenoxy) is 3. The van der Waals surface area contributed by atoms with Crippen LogP contribution in [-0.2, 0) is 4.74 Å². The van der Waals surface area contributed by atoms with Crippen LogP contribution in [-0.4, -0.2) is 20.3 Å². The molecule has 2 aliphatic rings. The van der Waals surface area contributed by atoms with Crippen molar-refractivity contribution in [1.82, 2.24) is 0 Å². The number of hydrogen-bond acceptors (Lipinski definition) is 4. The van der Waals surface area contributed by atoms with E-state index in [-0.39, 0.29) is 12.1 Å². The van der Waals surface area contributed by atoms with E-state index in [1.165, 1.54) is 22.4 Å². The summed E-state index contributed by atoms with van der Waals surface area (Å²) in [5.74, 6) is 2.00. The molecule has 4 heteroatoms. The Morgan fingerprint density at radius 2 is 2.04 bits per heavy atom. The van der Waals surface area contributed by atoms with Gasteiger partial charge in [-0.2, -0.15) is 0 Å².